The van der Waals surface area contributed by atoms with E-state index < -0.39 is 53.3 Å². The highest BCUT2D eigenvalue weighted by molar-refractivity contribution is 6.16. The molecule has 1 saturated heterocycles. The molecule has 11 nitrogen and oxygen atoms in total. The van der Waals surface area contributed by atoms with E-state index in [2.05, 4.69) is 20.9 Å². The van der Waals surface area contributed by atoms with Crippen LogP contribution in [0.1, 0.15) is 49.3 Å². The fourth-order valence-electron chi connectivity index (χ4n) is 4.50. The molecule has 0 saturated carbocycles. The predicted molar refractivity (Wildman–Crippen MR) is 134 cm³/mol. The minimum Gasteiger partial charge on any atom is -0.486 e. The standard InChI is InChI=1S/C27H30N4O7/c1-14(2)23(24(33)22-15(3)25(34)31-27(22)36)30-21(32)13-18(29-26(35)17-6-4-5-9-28-17)16-7-8-19-20(12-16)38-11-10-37-19/h4-9,12,14-15,18,22-23H,10-11,13H2,1-3H3,(H,29,35)(H,30,32)(H,31,34,36)/t15-,18?,22-,23-/m1/s1. The molecule has 2 aliphatic rings. The first-order valence-corrected chi connectivity index (χ1v) is 12.4. The number of nitrogens with one attached hydrogen (secondary N) is 3. The molecule has 11 heteroatoms. The van der Waals surface area contributed by atoms with Crippen molar-refractivity contribution in [1.29, 1.82) is 0 Å². The number of pyridine rings is 1. The van der Waals surface area contributed by atoms with Crippen molar-refractivity contribution in [3.63, 3.8) is 0 Å². The first-order chi connectivity index (χ1) is 18.2. The SMILES string of the molecule is CC(C)[C@@H](NC(=O)CC(NC(=O)c1ccccn1)c1ccc2c(c1)OCCO2)C(=O)[C@@H]1C(=O)NC(=O)[C@@H]1C. The number of carbonyl (C=O) groups excluding carboxylic acids is 5. The third kappa shape index (κ3) is 5.82. The first-order valence-electron chi connectivity index (χ1n) is 12.4. The molecule has 3 N–H and O–H groups in total. The molecule has 1 aromatic carbocycles. The van der Waals surface area contributed by atoms with Gasteiger partial charge in [0.05, 0.1) is 24.4 Å². The van der Waals surface area contributed by atoms with E-state index in [0.29, 0.717) is 30.3 Å². The second kappa shape index (κ2) is 11.4. The number of Topliss-reactive ketones (excluding diaryl/α,β-unsaturated/α-hetero) is 1. The molecule has 1 aromatic heterocycles. The summed E-state index contributed by atoms with van der Waals surface area (Å²) in [7, 11) is 0. The topological polar surface area (TPSA) is 153 Å². The molecular formula is C27H30N4O7. The van der Waals surface area contributed by atoms with Gasteiger partial charge in [-0.2, -0.15) is 0 Å². The third-order valence-electron chi connectivity index (χ3n) is 6.60. The molecule has 4 amide bonds. The van der Waals surface area contributed by atoms with Gasteiger partial charge in [-0.25, -0.2) is 0 Å². The van der Waals surface area contributed by atoms with Crippen LogP contribution in [0.2, 0.25) is 0 Å². The van der Waals surface area contributed by atoms with Gasteiger partial charge in [-0.15, -0.1) is 0 Å². The van der Waals surface area contributed by atoms with E-state index in [1.54, 1.807) is 50.2 Å². The van der Waals surface area contributed by atoms with Crippen molar-refractivity contribution in [2.75, 3.05) is 13.2 Å². The summed E-state index contributed by atoms with van der Waals surface area (Å²) in [5.74, 6) is -4.00. The zero-order valence-electron chi connectivity index (χ0n) is 21.4. The van der Waals surface area contributed by atoms with Crippen molar-refractivity contribution in [2.24, 2.45) is 17.8 Å². The summed E-state index contributed by atoms with van der Waals surface area (Å²) in [5.41, 5.74) is 0.770. The van der Waals surface area contributed by atoms with E-state index in [-0.39, 0.29) is 18.0 Å². The molecule has 1 unspecified atom stereocenters. The van der Waals surface area contributed by atoms with Gasteiger partial charge in [0.15, 0.2) is 17.3 Å². The summed E-state index contributed by atoms with van der Waals surface area (Å²) < 4.78 is 11.2. The van der Waals surface area contributed by atoms with Crippen molar-refractivity contribution in [2.45, 2.75) is 39.3 Å². The van der Waals surface area contributed by atoms with Gasteiger partial charge in [-0.1, -0.05) is 32.9 Å². The van der Waals surface area contributed by atoms with Crippen LogP contribution in [0.3, 0.4) is 0 Å². The van der Waals surface area contributed by atoms with Crippen LogP contribution in [0, 0.1) is 17.8 Å². The van der Waals surface area contributed by atoms with Gasteiger partial charge >= 0.3 is 0 Å². The quantitative estimate of drug-likeness (QED) is 0.329. The van der Waals surface area contributed by atoms with Gasteiger partial charge in [0.2, 0.25) is 17.7 Å². The van der Waals surface area contributed by atoms with E-state index in [9.17, 15) is 24.0 Å². The van der Waals surface area contributed by atoms with E-state index in [1.807, 2.05) is 0 Å². The molecule has 0 bridgehead atoms. The maximum Gasteiger partial charge on any atom is 0.270 e. The van der Waals surface area contributed by atoms with Crippen LogP contribution in [0.4, 0.5) is 0 Å². The molecule has 0 spiro atoms. The highest BCUT2D eigenvalue weighted by Crippen LogP contribution is 2.33. The van der Waals surface area contributed by atoms with E-state index in [0.717, 1.165) is 0 Å². The Morgan fingerprint density at radius 3 is 2.39 bits per heavy atom. The summed E-state index contributed by atoms with van der Waals surface area (Å²) >= 11 is 0. The molecule has 1 fully saturated rings. The molecular weight excluding hydrogens is 492 g/mol. The molecule has 200 valence electrons. The van der Waals surface area contributed by atoms with Crippen LogP contribution in [0.5, 0.6) is 11.5 Å². The second-order valence-corrected chi connectivity index (χ2v) is 9.66. The number of carbonyl (C=O) groups is 5. The Balaban J connectivity index is 1.55. The molecule has 4 rings (SSSR count). The molecule has 3 heterocycles. The predicted octanol–water partition coefficient (Wildman–Crippen LogP) is 1.33. The number of fused-ring (bicyclic) bond motifs is 1. The van der Waals surface area contributed by atoms with Crippen LogP contribution in [-0.4, -0.2) is 53.7 Å². The number of aromatic nitrogens is 1. The summed E-state index contributed by atoms with van der Waals surface area (Å²) in [6.45, 7) is 5.78. The maximum atomic E-state index is 13.2. The zero-order chi connectivity index (χ0) is 27.4. The van der Waals surface area contributed by atoms with Crippen molar-refractivity contribution in [3.05, 3.63) is 53.9 Å². The van der Waals surface area contributed by atoms with Crippen LogP contribution in [0.15, 0.2) is 42.6 Å². The number of rotatable bonds is 9. The summed E-state index contributed by atoms with van der Waals surface area (Å²) in [5, 5.41) is 7.74. The Morgan fingerprint density at radius 1 is 1.03 bits per heavy atom. The Kier molecular flexibility index (Phi) is 8.04. The van der Waals surface area contributed by atoms with E-state index in [4.69, 9.17) is 9.47 Å². The van der Waals surface area contributed by atoms with Crippen molar-refractivity contribution in [3.8, 4) is 11.5 Å². The number of imide groups is 1. The van der Waals surface area contributed by atoms with Gasteiger partial charge in [0.25, 0.3) is 5.91 Å². The lowest BCUT2D eigenvalue weighted by Gasteiger charge is -2.26. The van der Waals surface area contributed by atoms with Gasteiger partial charge in [0.1, 0.15) is 24.8 Å². The largest absolute Gasteiger partial charge is 0.486 e. The van der Waals surface area contributed by atoms with Crippen LogP contribution < -0.4 is 25.4 Å². The van der Waals surface area contributed by atoms with Gasteiger partial charge < -0.3 is 20.1 Å². The number of hydrogen-bond acceptors (Lipinski definition) is 8. The van der Waals surface area contributed by atoms with Crippen molar-refractivity contribution >= 4 is 29.4 Å². The Labute approximate surface area is 219 Å². The van der Waals surface area contributed by atoms with Crippen molar-refractivity contribution < 1.29 is 33.4 Å². The highest BCUT2D eigenvalue weighted by atomic mass is 16.6. The van der Waals surface area contributed by atoms with Crippen molar-refractivity contribution in [1.82, 2.24) is 20.9 Å². The Morgan fingerprint density at radius 2 is 1.76 bits per heavy atom. The maximum absolute atomic E-state index is 13.2. The van der Waals surface area contributed by atoms with Gasteiger partial charge in [0, 0.05) is 6.20 Å². The van der Waals surface area contributed by atoms with Crippen LogP contribution in [0.25, 0.3) is 0 Å². The molecule has 4 atom stereocenters. The lowest BCUT2D eigenvalue weighted by atomic mass is 9.85. The Hall–Kier alpha value is -4.28. The van der Waals surface area contributed by atoms with Crippen LogP contribution in [-0.2, 0) is 19.2 Å². The summed E-state index contributed by atoms with van der Waals surface area (Å²) in [4.78, 5) is 67.6. The molecule has 2 aliphatic heterocycles. The summed E-state index contributed by atoms with van der Waals surface area (Å²) in [6.07, 6.45) is 1.28. The number of ether oxygens (including phenoxy) is 2. The lowest BCUT2D eigenvalue weighted by molar-refractivity contribution is -0.137. The lowest BCUT2D eigenvalue weighted by Crippen LogP contribution is -2.49. The highest BCUT2D eigenvalue weighted by Gasteiger charge is 2.46. The smallest absolute Gasteiger partial charge is 0.270 e. The summed E-state index contributed by atoms with van der Waals surface area (Å²) in [6, 6.07) is 8.26. The first kappa shape index (κ1) is 26.8. The fourth-order valence-corrected chi connectivity index (χ4v) is 4.50. The fraction of sp³-hybridized carbons (Fsp3) is 0.407. The number of hydrogen-bond donors (Lipinski definition) is 3. The molecule has 0 aliphatic carbocycles. The monoisotopic (exact) mass is 522 g/mol. The number of nitrogens with zero attached hydrogens (tertiary/aromatic N) is 1. The molecule has 0 radical (unpaired) electrons. The minimum atomic E-state index is -1.17. The second-order valence-electron chi connectivity index (χ2n) is 9.66. The third-order valence-corrected chi connectivity index (χ3v) is 6.60. The average molecular weight is 523 g/mol. The average Bonchev–Trinajstić information content (AvgIpc) is 3.17. The van der Waals surface area contributed by atoms with Crippen LogP contribution >= 0.6 is 0 Å². The van der Waals surface area contributed by atoms with Gasteiger partial charge in [-0.05, 0) is 35.7 Å². The zero-order valence-corrected chi connectivity index (χ0v) is 21.4. The van der Waals surface area contributed by atoms with E-state index >= 15 is 0 Å². The molecule has 38 heavy (non-hydrogen) atoms. The number of benzene rings is 1. The molecule has 2 aromatic rings. The Bertz CT molecular complexity index is 1250. The normalized spacial score (nSPS) is 19.9. The number of ketones is 1. The van der Waals surface area contributed by atoms with Gasteiger partial charge in [-0.3, -0.25) is 34.3 Å². The minimum absolute atomic E-state index is 0.177. The number of amides is 4. The van der Waals surface area contributed by atoms with E-state index in [1.165, 1.54) is 13.1 Å².